The lowest BCUT2D eigenvalue weighted by atomic mass is 10.2. The molecule has 0 unspecified atom stereocenters. The van der Waals surface area contributed by atoms with Gasteiger partial charge in [0.05, 0.1) is 11.4 Å². The van der Waals surface area contributed by atoms with Gasteiger partial charge in [0, 0.05) is 11.6 Å². The number of rotatable bonds is 5. The van der Waals surface area contributed by atoms with Crippen molar-refractivity contribution in [1.29, 1.82) is 0 Å². The summed E-state index contributed by atoms with van der Waals surface area (Å²) >= 11 is 0. The van der Waals surface area contributed by atoms with Crippen LogP contribution in [-0.4, -0.2) is 24.0 Å². The van der Waals surface area contributed by atoms with Gasteiger partial charge in [-0.1, -0.05) is 18.7 Å². The van der Waals surface area contributed by atoms with E-state index in [4.69, 9.17) is 4.55 Å². The van der Waals surface area contributed by atoms with E-state index in [0.717, 1.165) is 12.1 Å². The normalized spacial score (nSPS) is 11.4. The van der Waals surface area contributed by atoms with E-state index >= 15 is 0 Å². The molecule has 0 aromatic heterocycles. The summed E-state index contributed by atoms with van der Waals surface area (Å²) < 4.78 is 31.0. The van der Waals surface area contributed by atoms with Crippen molar-refractivity contribution in [2.45, 2.75) is 11.8 Å². The van der Waals surface area contributed by atoms with E-state index in [1.807, 2.05) is 0 Å². The Hall–Kier alpha value is -3.04. The summed E-state index contributed by atoms with van der Waals surface area (Å²) in [5, 5.41) is 20.2. The summed E-state index contributed by atoms with van der Waals surface area (Å²) in [6.07, 6.45) is 0. The van der Waals surface area contributed by atoms with Crippen molar-refractivity contribution in [1.82, 2.24) is 0 Å². The number of benzene rings is 2. The maximum Gasteiger partial charge on any atom is 0.298 e. The Morgan fingerprint density at radius 3 is 2.44 bits per heavy atom. The van der Waals surface area contributed by atoms with Gasteiger partial charge in [0.1, 0.15) is 16.3 Å². The van der Waals surface area contributed by atoms with Crippen LogP contribution in [0.3, 0.4) is 0 Å². The number of azo groups is 1. The Labute approximate surface area is 144 Å². The Balaban J connectivity index is 2.30. The Bertz CT molecular complexity index is 967. The summed E-state index contributed by atoms with van der Waals surface area (Å²) in [4.78, 5) is 11.1. The highest BCUT2D eigenvalue weighted by molar-refractivity contribution is 7.86. The fourth-order valence-electron chi connectivity index (χ4n) is 1.79. The zero-order valence-corrected chi connectivity index (χ0v) is 14.0. The lowest BCUT2D eigenvalue weighted by Gasteiger charge is -2.07. The van der Waals surface area contributed by atoms with Gasteiger partial charge < -0.3 is 10.4 Å². The smallest absolute Gasteiger partial charge is 0.298 e. The monoisotopic (exact) mass is 361 g/mol. The molecule has 0 saturated heterocycles. The number of carbonyl (C=O) groups is 1. The molecule has 9 heteroatoms. The topological polar surface area (TPSA) is 128 Å². The highest BCUT2D eigenvalue weighted by Crippen LogP contribution is 2.30. The molecule has 3 N–H and O–H groups in total. The first kappa shape index (κ1) is 18.3. The minimum absolute atomic E-state index is 0.158. The zero-order chi connectivity index (χ0) is 18.6. The lowest BCUT2D eigenvalue weighted by molar-refractivity contribution is -0.112. The van der Waals surface area contributed by atoms with Crippen molar-refractivity contribution in [3.63, 3.8) is 0 Å². The highest BCUT2D eigenvalue weighted by Gasteiger charge is 2.15. The molecule has 0 bridgehead atoms. The third-order valence-electron chi connectivity index (χ3n) is 3.03. The van der Waals surface area contributed by atoms with Crippen LogP contribution >= 0.6 is 0 Å². The van der Waals surface area contributed by atoms with Gasteiger partial charge in [-0.15, -0.1) is 5.11 Å². The van der Waals surface area contributed by atoms with Crippen LogP contribution < -0.4 is 5.32 Å². The second kappa shape index (κ2) is 7.24. The molecular weight excluding hydrogens is 346 g/mol. The average molecular weight is 361 g/mol. The molecule has 1 amide bonds. The van der Waals surface area contributed by atoms with Crippen LogP contribution in [0.25, 0.3) is 0 Å². The molecule has 0 radical (unpaired) electrons. The zero-order valence-electron chi connectivity index (χ0n) is 13.2. The van der Waals surface area contributed by atoms with Crippen LogP contribution in [0, 0.1) is 0 Å². The van der Waals surface area contributed by atoms with Crippen molar-refractivity contribution < 1.29 is 22.9 Å². The Morgan fingerprint density at radius 2 is 1.84 bits per heavy atom. The molecule has 2 aromatic rings. The van der Waals surface area contributed by atoms with E-state index < -0.39 is 20.8 Å². The Morgan fingerprint density at radius 1 is 1.16 bits per heavy atom. The maximum absolute atomic E-state index is 11.7. The average Bonchev–Trinajstić information content (AvgIpc) is 2.52. The van der Waals surface area contributed by atoms with Crippen LogP contribution in [0.1, 0.15) is 6.92 Å². The number of hydrogen-bond donors (Lipinski definition) is 3. The molecule has 8 nitrogen and oxygen atoms in total. The van der Waals surface area contributed by atoms with E-state index in [2.05, 4.69) is 22.1 Å². The molecule has 0 aliphatic rings. The van der Waals surface area contributed by atoms with E-state index in [-0.39, 0.29) is 11.6 Å². The SMILES string of the molecule is C=C(C)C(=O)Nc1ccccc1N=Nc1ccc(S(=O)(=O)O)c(O)c1. The van der Waals surface area contributed by atoms with Gasteiger partial charge >= 0.3 is 0 Å². The number of phenols is 1. The minimum Gasteiger partial charge on any atom is -0.506 e. The van der Waals surface area contributed by atoms with Crippen LogP contribution in [0.2, 0.25) is 0 Å². The number of anilines is 1. The van der Waals surface area contributed by atoms with Crippen molar-refractivity contribution in [2.75, 3.05) is 5.32 Å². The first-order valence-corrected chi connectivity index (χ1v) is 8.40. The standard InChI is InChI=1S/C16H15N3O5S/c1-10(2)16(21)17-12-5-3-4-6-13(12)19-18-11-7-8-15(14(20)9-11)25(22,23)24/h3-9,20H,1H2,2H3,(H,17,21)(H,22,23,24). The van der Waals surface area contributed by atoms with Gasteiger partial charge in [-0.2, -0.15) is 13.5 Å². The maximum atomic E-state index is 11.7. The van der Waals surface area contributed by atoms with Crippen LogP contribution in [-0.2, 0) is 14.9 Å². The van der Waals surface area contributed by atoms with Crippen molar-refractivity contribution in [2.24, 2.45) is 10.2 Å². The van der Waals surface area contributed by atoms with E-state index in [9.17, 15) is 18.3 Å². The van der Waals surface area contributed by atoms with Crippen molar-refractivity contribution in [3.8, 4) is 5.75 Å². The summed E-state index contributed by atoms with van der Waals surface area (Å²) in [5.74, 6) is -1.01. The number of aromatic hydroxyl groups is 1. The number of nitrogens with one attached hydrogen (secondary N) is 1. The molecule has 2 rings (SSSR count). The molecule has 0 heterocycles. The Kier molecular flexibility index (Phi) is 5.30. The first-order chi connectivity index (χ1) is 11.7. The van der Waals surface area contributed by atoms with Crippen LogP contribution in [0.4, 0.5) is 17.1 Å². The van der Waals surface area contributed by atoms with Crippen LogP contribution in [0.15, 0.2) is 69.7 Å². The summed E-state index contributed by atoms with van der Waals surface area (Å²) in [5.41, 5.74) is 1.26. The fourth-order valence-corrected chi connectivity index (χ4v) is 2.36. The molecule has 0 aliphatic heterocycles. The van der Waals surface area contributed by atoms with Gasteiger partial charge in [0.15, 0.2) is 0 Å². The van der Waals surface area contributed by atoms with E-state index in [1.165, 1.54) is 6.07 Å². The molecule has 0 aliphatic carbocycles. The molecule has 2 aromatic carbocycles. The second-order valence-electron chi connectivity index (χ2n) is 5.08. The van der Waals surface area contributed by atoms with Gasteiger partial charge in [-0.05, 0) is 31.2 Å². The largest absolute Gasteiger partial charge is 0.506 e. The summed E-state index contributed by atoms with van der Waals surface area (Å²) in [6.45, 7) is 5.12. The second-order valence-corrected chi connectivity index (χ2v) is 6.47. The van der Waals surface area contributed by atoms with Gasteiger partial charge in [0.25, 0.3) is 16.0 Å². The molecular formula is C16H15N3O5S. The van der Waals surface area contributed by atoms with Crippen molar-refractivity contribution in [3.05, 3.63) is 54.6 Å². The molecule has 25 heavy (non-hydrogen) atoms. The molecule has 130 valence electrons. The predicted molar refractivity (Wildman–Crippen MR) is 92.0 cm³/mol. The van der Waals surface area contributed by atoms with Gasteiger partial charge in [-0.25, -0.2) is 0 Å². The molecule has 0 saturated carbocycles. The number of carbonyl (C=O) groups excluding carboxylic acids is 1. The number of amides is 1. The number of nitrogens with zero attached hydrogens (tertiary/aromatic N) is 2. The third kappa shape index (κ3) is 4.72. The quantitative estimate of drug-likeness (QED) is 0.426. The number of para-hydroxylation sites is 1. The fraction of sp³-hybridized carbons (Fsp3) is 0.0625. The van der Waals surface area contributed by atoms with E-state index in [1.54, 1.807) is 31.2 Å². The molecule has 0 spiro atoms. The third-order valence-corrected chi connectivity index (χ3v) is 3.93. The summed E-state index contributed by atoms with van der Waals surface area (Å²) in [6, 6.07) is 9.97. The van der Waals surface area contributed by atoms with Gasteiger partial charge in [0.2, 0.25) is 0 Å². The van der Waals surface area contributed by atoms with Crippen molar-refractivity contribution >= 4 is 33.1 Å². The van der Waals surface area contributed by atoms with Crippen LogP contribution in [0.5, 0.6) is 5.75 Å². The minimum atomic E-state index is -4.52. The number of hydrogen-bond acceptors (Lipinski definition) is 6. The summed E-state index contributed by atoms with van der Waals surface area (Å²) in [7, 11) is -4.52. The number of phenolic OH excluding ortho intramolecular Hbond substituents is 1. The first-order valence-electron chi connectivity index (χ1n) is 6.96. The lowest BCUT2D eigenvalue weighted by Crippen LogP contribution is -2.11. The molecule has 0 fully saturated rings. The van der Waals surface area contributed by atoms with E-state index in [0.29, 0.717) is 16.9 Å². The predicted octanol–water partition coefficient (Wildman–Crippen LogP) is 3.57. The van der Waals surface area contributed by atoms with Gasteiger partial charge in [-0.3, -0.25) is 9.35 Å². The highest BCUT2D eigenvalue weighted by atomic mass is 32.2. The molecule has 0 atom stereocenters.